The van der Waals surface area contributed by atoms with Gasteiger partial charge in [0.25, 0.3) is 23.6 Å². The third-order valence-corrected chi connectivity index (χ3v) is 18.7. The molecule has 0 bridgehead atoms. The predicted octanol–water partition coefficient (Wildman–Crippen LogP) is 17.1. The number of carbonyl (C=O) groups excluding carboxylic acids is 6. The summed E-state index contributed by atoms with van der Waals surface area (Å²) >= 11 is 0. The van der Waals surface area contributed by atoms with Crippen LogP contribution in [0, 0.1) is 0 Å². The van der Waals surface area contributed by atoms with Crippen molar-refractivity contribution in [1.29, 1.82) is 0 Å². The third-order valence-electron chi connectivity index (χ3n) is 18.7. The van der Waals surface area contributed by atoms with Crippen LogP contribution in [0.3, 0.4) is 0 Å². The maximum Gasteiger partial charge on any atom is 0.420 e. The number of hydrogen-bond acceptors (Lipinski definition) is 16. The maximum absolute atomic E-state index is 16.0. The molecule has 9 aromatic rings. The molecule has 18 nitrogen and oxygen atoms in total. The second kappa shape index (κ2) is 26.7. The molecule has 4 heterocycles. The standard InChI is InChI=1S/C80H76F6N2O16/c1-75(2,3)41-13-21-45(22-14-41)101-55-33-51-59-52(70(90)87(69(51)89)67(79(81,82)83)73(93)97-31-29-95-37-49-39-99-49)35-57(103-47-25-17-43(18-26-47)77(7,8)9)63-64-58(104-48-27-19-44(20-28-48)78(10,11)12)36-54-60-53(71(91)88(72(54)92)68(80(84,85)86)74(94)98-32-30-96-38-50-40-100-50)34-56(62(66(60)64)61(55)65(59)63)102-46-23-15-42(16-24-46)76(4,5)6/h13-28,33-36,49-50,67-68H,29-32,37-40H2,1-12H3. The summed E-state index contributed by atoms with van der Waals surface area (Å²) in [7, 11) is 0. The SMILES string of the molecule is CC(C)(C)c1ccc(Oc2cc3c4c(cc(Oc5ccc(C(C)(C)C)cc5)c5c6c(Oc7ccc(C(C)(C)C)cc7)cc7c8c(cc(Oc9ccc(C(C)(C)C)cc9)c(c2c45)c86)C(=O)N(C(C(=O)OCCOCC2CO2)C(F)(F)F)C7=O)C(=O)N(C(C(=O)OCCOCC2CO2)C(F)(F)F)C3=O)cc1. The largest absolute Gasteiger partial charge is 0.461 e. The lowest BCUT2D eigenvalue weighted by Gasteiger charge is -2.36. The van der Waals surface area contributed by atoms with Crippen molar-refractivity contribution in [3.05, 3.63) is 166 Å². The highest BCUT2D eigenvalue weighted by Crippen LogP contribution is 2.59. The van der Waals surface area contributed by atoms with Crippen molar-refractivity contribution in [3.8, 4) is 46.0 Å². The Labute approximate surface area is 594 Å². The number of benzene rings is 9. The van der Waals surface area contributed by atoms with Crippen LogP contribution in [0.15, 0.2) is 121 Å². The number of halogens is 6. The average Bonchev–Trinajstić information content (AvgIpc) is 1.18. The zero-order chi connectivity index (χ0) is 74.7. The van der Waals surface area contributed by atoms with Crippen LogP contribution in [0.1, 0.15) is 147 Å². The van der Waals surface area contributed by atoms with Crippen LogP contribution in [0.4, 0.5) is 26.3 Å². The highest BCUT2D eigenvalue weighted by atomic mass is 19.4. The number of ether oxygens (including phenoxy) is 10. The number of alkyl halides is 6. The summed E-state index contributed by atoms with van der Waals surface area (Å²) in [5.74, 6) is -11.6. The van der Waals surface area contributed by atoms with Crippen molar-refractivity contribution < 1.29 is 102 Å². The smallest absolute Gasteiger partial charge is 0.420 e. The Bertz CT molecular complexity index is 4350. The molecule has 0 saturated carbocycles. The molecule has 13 rings (SSSR count). The fourth-order valence-corrected chi connectivity index (χ4v) is 13.0. The summed E-state index contributed by atoms with van der Waals surface area (Å²) in [6.45, 7) is 22.4. The Morgan fingerprint density at radius 1 is 0.375 bits per heavy atom. The summed E-state index contributed by atoms with van der Waals surface area (Å²) in [5, 5.41) is -1.37. The lowest BCUT2D eigenvalue weighted by molar-refractivity contribution is -0.196. The van der Waals surface area contributed by atoms with Crippen LogP contribution in [0.5, 0.6) is 46.0 Å². The van der Waals surface area contributed by atoms with Crippen LogP contribution in [-0.2, 0) is 59.7 Å². The van der Waals surface area contributed by atoms with Crippen molar-refractivity contribution >= 4 is 78.7 Å². The van der Waals surface area contributed by atoms with E-state index in [1.165, 1.54) is 0 Å². The Hall–Kier alpha value is -9.88. The molecule has 0 spiro atoms. The Morgan fingerprint density at radius 3 is 0.808 bits per heavy atom. The molecule has 0 N–H and O–H groups in total. The van der Waals surface area contributed by atoms with E-state index in [0.717, 1.165) is 46.5 Å². The van der Waals surface area contributed by atoms with E-state index in [2.05, 4.69) is 0 Å². The number of fused-ring (bicyclic) bond motifs is 2. The van der Waals surface area contributed by atoms with Gasteiger partial charge in [-0.15, -0.1) is 0 Å². The van der Waals surface area contributed by atoms with Gasteiger partial charge in [0.15, 0.2) is 0 Å². The number of amides is 4. The van der Waals surface area contributed by atoms with Gasteiger partial charge in [-0.1, -0.05) is 132 Å². The van der Waals surface area contributed by atoms with Crippen LogP contribution < -0.4 is 18.9 Å². The number of nitrogens with zero attached hydrogens (tertiary/aromatic N) is 2. The molecule has 4 aliphatic heterocycles. The van der Waals surface area contributed by atoms with E-state index in [4.69, 9.17) is 47.4 Å². The topological polar surface area (TPSA) is 208 Å². The average molecular weight is 1440 g/mol. The highest BCUT2D eigenvalue weighted by Gasteiger charge is 2.58. The first-order chi connectivity index (χ1) is 48.9. The number of esters is 2. The van der Waals surface area contributed by atoms with Gasteiger partial charge in [-0.05, 0) is 117 Å². The molecule has 0 aliphatic carbocycles. The van der Waals surface area contributed by atoms with Gasteiger partial charge >= 0.3 is 24.3 Å². The number of carbonyl (C=O) groups is 6. The van der Waals surface area contributed by atoms with Crippen molar-refractivity contribution in [1.82, 2.24) is 9.80 Å². The lowest BCUT2D eigenvalue weighted by Crippen LogP contribution is -2.57. The first kappa shape index (κ1) is 72.5. The van der Waals surface area contributed by atoms with Crippen LogP contribution in [0.25, 0.3) is 43.1 Å². The Morgan fingerprint density at radius 2 is 0.606 bits per heavy atom. The third kappa shape index (κ3) is 14.2. The first-order valence-corrected chi connectivity index (χ1v) is 34.0. The Kier molecular flexibility index (Phi) is 18.6. The number of imide groups is 2. The quantitative estimate of drug-likeness (QED) is 0.0118. The lowest BCUT2D eigenvalue weighted by atomic mass is 9.80. The van der Waals surface area contributed by atoms with Gasteiger partial charge in [-0.2, -0.15) is 26.3 Å². The van der Waals surface area contributed by atoms with Crippen LogP contribution in [0.2, 0.25) is 0 Å². The molecule has 544 valence electrons. The fourth-order valence-electron chi connectivity index (χ4n) is 13.0. The minimum absolute atomic E-state index is 0.0612. The molecule has 4 unspecified atom stereocenters. The van der Waals surface area contributed by atoms with E-state index in [1.807, 2.05) is 83.1 Å². The molecule has 2 saturated heterocycles. The molecule has 24 heteroatoms. The zero-order valence-corrected chi connectivity index (χ0v) is 59.2. The number of epoxide rings is 2. The van der Waals surface area contributed by atoms with E-state index in [0.29, 0.717) is 13.2 Å². The second-order valence-corrected chi connectivity index (χ2v) is 30.4. The molecule has 9 aromatic carbocycles. The molecular formula is C80H76F6N2O16. The summed E-state index contributed by atoms with van der Waals surface area (Å²) in [5.41, 5.74) is -0.767. The predicted molar refractivity (Wildman–Crippen MR) is 372 cm³/mol. The van der Waals surface area contributed by atoms with E-state index >= 15 is 45.5 Å². The first-order valence-electron chi connectivity index (χ1n) is 34.0. The van der Waals surface area contributed by atoms with Gasteiger partial charge in [0.2, 0.25) is 12.1 Å². The molecule has 104 heavy (non-hydrogen) atoms. The van der Waals surface area contributed by atoms with Crippen molar-refractivity contribution in [2.75, 3.05) is 52.9 Å². The van der Waals surface area contributed by atoms with Crippen molar-refractivity contribution in [2.24, 2.45) is 0 Å². The van der Waals surface area contributed by atoms with E-state index in [-0.39, 0.29) is 138 Å². The normalized spacial score (nSPS) is 16.9. The van der Waals surface area contributed by atoms with E-state index < -0.39 is 117 Å². The zero-order valence-electron chi connectivity index (χ0n) is 59.2. The van der Waals surface area contributed by atoms with Crippen LogP contribution in [-0.4, -0.2) is 135 Å². The molecule has 4 amide bonds. The minimum atomic E-state index is -5.68. The molecule has 4 atom stereocenters. The van der Waals surface area contributed by atoms with E-state index in [9.17, 15) is 9.59 Å². The van der Waals surface area contributed by atoms with Gasteiger partial charge in [0, 0.05) is 43.1 Å². The van der Waals surface area contributed by atoms with Gasteiger partial charge < -0.3 is 47.4 Å². The van der Waals surface area contributed by atoms with Gasteiger partial charge in [0.1, 0.15) is 71.4 Å². The Balaban J connectivity index is 1.17. The molecule has 4 aliphatic rings. The van der Waals surface area contributed by atoms with Gasteiger partial charge in [-0.25, -0.2) is 9.59 Å². The molecular weight excluding hydrogens is 1360 g/mol. The molecule has 0 radical (unpaired) electrons. The second-order valence-electron chi connectivity index (χ2n) is 30.4. The molecule has 0 aromatic heterocycles. The van der Waals surface area contributed by atoms with Gasteiger partial charge in [0.05, 0.1) is 61.9 Å². The monoisotopic (exact) mass is 1430 g/mol. The van der Waals surface area contributed by atoms with E-state index in [1.54, 1.807) is 97.1 Å². The summed E-state index contributed by atoms with van der Waals surface area (Å²) in [6.07, 6.45) is -11.8. The number of hydrogen-bond donors (Lipinski definition) is 0. The fraction of sp³-hybridized carbons (Fsp3) is 0.375. The summed E-state index contributed by atoms with van der Waals surface area (Å²) < 4.78 is 156. The van der Waals surface area contributed by atoms with Crippen molar-refractivity contribution in [2.45, 2.75) is 141 Å². The minimum Gasteiger partial charge on any atom is -0.461 e. The van der Waals surface area contributed by atoms with Crippen molar-refractivity contribution in [3.63, 3.8) is 0 Å². The maximum atomic E-state index is 16.0. The number of rotatable bonds is 22. The molecule has 2 fully saturated rings. The highest BCUT2D eigenvalue weighted by molar-refractivity contribution is 6.45. The van der Waals surface area contributed by atoms with Gasteiger partial charge in [-0.3, -0.25) is 29.0 Å². The summed E-state index contributed by atoms with van der Waals surface area (Å²) in [4.78, 5) is 91.2. The van der Waals surface area contributed by atoms with Crippen LogP contribution >= 0.6 is 0 Å². The summed E-state index contributed by atoms with van der Waals surface area (Å²) in [6, 6.07) is 24.2.